The van der Waals surface area contributed by atoms with Crippen LogP contribution in [0.5, 0.6) is 0 Å². The molecule has 3 aromatic rings. The molecule has 1 aromatic heterocycles. The van der Waals surface area contributed by atoms with E-state index >= 15 is 0 Å². The maximum atomic E-state index is 9.25. The molecule has 0 fully saturated rings. The highest BCUT2D eigenvalue weighted by atomic mass is 15.3. The number of benzene rings is 2. The van der Waals surface area contributed by atoms with E-state index in [1.54, 1.807) is 29.2 Å². The molecule has 5 nitrogen and oxygen atoms in total. The van der Waals surface area contributed by atoms with Crippen LogP contribution in [0.3, 0.4) is 0 Å². The SMILES string of the molecule is N#Cc1ccc(-c2ccc(C#N)c(Cn3cncn3)c2)cc1. The lowest BCUT2D eigenvalue weighted by Crippen LogP contribution is -2.02. The molecule has 5 heteroatoms. The summed E-state index contributed by atoms with van der Waals surface area (Å²) >= 11 is 0. The summed E-state index contributed by atoms with van der Waals surface area (Å²) in [5.41, 5.74) is 4.13. The van der Waals surface area contributed by atoms with Crippen LogP contribution in [0.2, 0.25) is 0 Å². The second kappa shape index (κ2) is 5.90. The van der Waals surface area contributed by atoms with Gasteiger partial charge < -0.3 is 0 Å². The lowest BCUT2D eigenvalue weighted by atomic mass is 9.99. The van der Waals surface area contributed by atoms with Gasteiger partial charge in [-0.1, -0.05) is 18.2 Å². The highest BCUT2D eigenvalue weighted by Gasteiger charge is 2.07. The molecule has 104 valence electrons. The summed E-state index contributed by atoms with van der Waals surface area (Å²) in [4.78, 5) is 3.91. The average molecular weight is 285 g/mol. The van der Waals surface area contributed by atoms with E-state index in [9.17, 15) is 5.26 Å². The van der Waals surface area contributed by atoms with E-state index < -0.39 is 0 Å². The molecule has 0 aliphatic rings. The molecular formula is C17H11N5. The van der Waals surface area contributed by atoms with Crippen LogP contribution in [0.4, 0.5) is 0 Å². The van der Waals surface area contributed by atoms with Crippen molar-refractivity contribution in [2.45, 2.75) is 6.54 Å². The first kappa shape index (κ1) is 13.5. The Kier molecular flexibility index (Phi) is 3.63. The zero-order chi connectivity index (χ0) is 15.4. The van der Waals surface area contributed by atoms with Gasteiger partial charge in [-0.15, -0.1) is 0 Å². The van der Waals surface area contributed by atoms with Crippen LogP contribution in [0, 0.1) is 22.7 Å². The van der Waals surface area contributed by atoms with Crippen LogP contribution < -0.4 is 0 Å². The van der Waals surface area contributed by atoms with Gasteiger partial charge in [0.05, 0.1) is 29.8 Å². The third-order valence-electron chi connectivity index (χ3n) is 3.37. The summed E-state index contributed by atoms with van der Waals surface area (Å²) in [6.07, 6.45) is 3.09. The number of hydrogen-bond donors (Lipinski definition) is 0. The maximum absolute atomic E-state index is 9.25. The van der Waals surface area contributed by atoms with Crippen molar-refractivity contribution >= 4 is 0 Å². The summed E-state index contributed by atoms with van der Waals surface area (Å²) in [6, 6.07) is 17.4. The minimum atomic E-state index is 0.493. The summed E-state index contributed by atoms with van der Waals surface area (Å²) in [5, 5.41) is 22.2. The molecule has 0 bridgehead atoms. The van der Waals surface area contributed by atoms with Gasteiger partial charge in [-0.25, -0.2) is 9.67 Å². The van der Waals surface area contributed by atoms with Gasteiger partial charge in [-0.05, 0) is 41.0 Å². The van der Waals surface area contributed by atoms with Gasteiger partial charge in [-0.3, -0.25) is 0 Å². The number of nitrogens with zero attached hydrogens (tertiary/aromatic N) is 5. The number of hydrogen-bond acceptors (Lipinski definition) is 4. The van der Waals surface area contributed by atoms with Gasteiger partial charge in [0.15, 0.2) is 0 Å². The van der Waals surface area contributed by atoms with E-state index in [0.29, 0.717) is 17.7 Å². The van der Waals surface area contributed by atoms with Crippen molar-refractivity contribution in [3.05, 3.63) is 71.8 Å². The number of aromatic nitrogens is 3. The Bertz CT molecular complexity index is 865. The van der Waals surface area contributed by atoms with Gasteiger partial charge in [-0.2, -0.15) is 15.6 Å². The predicted molar refractivity (Wildman–Crippen MR) is 80.4 cm³/mol. The van der Waals surface area contributed by atoms with Crippen LogP contribution in [0.15, 0.2) is 55.1 Å². The molecule has 0 N–H and O–H groups in total. The van der Waals surface area contributed by atoms with E-state index in [1.165, 1.54) is 6.33 Å². The molecule has 1 heterocycles. The van der Waals surface area contributed by atoms with Crippen molar-refractivity contribution in [2.24, 2.45) is 0 Å². The fourth-order valence-corrected chi connectivity index (χ4v) is 2.24. The van der Waals surface area contributed by atoms with E-state index in [4.69, 9.17) is 5.26 Å². The summed E-state index contributed by atoms with van der Waals surface area (Å²) in [7, 11) is 0. The van der Waals surface area contributed by atoms with Gasteiger partial charge in [0.2, 0.25) is 0 Å². The minimum absolute atomic E-state index is 0.493. The second-order valence-corrected chi connectivity index (χ2v) is 4.77. The van der Waals surface area contributed by atoms with Crippen LogP contribution in [-0.4, -0.2) is 14.8 Å². The predicted octanol–water partition coefficient (Wildman–Crippen LogP) is 2.74. The topological polar surface area (TPSA) is 78.3 Å². The molecule has 0 spiro atoms. The first-order valence-corrected chi connectivity index (χ1v) is 6.66. The normalized spacial score (nSPS) is 9.91. The number of rotatable bonds is 3. The zero-order valence-electron chi connectivity index (χ0n) is 11.6. The summed E-state index contributed by atoms with van der Waals surface area (Å²) in [5.74, 6) is 0. The molecule has 0 radical (unpaired) electrons. The minimum Gasteiger partial charge on any atom is -0.249 e. The van der Waals surface area contributed by atoms with Crippen LogP contribution in [-0.2, 0) is 6.54 Å². The van der Waals surface area contributed by atoms with Gasteiger partial charge in [0, 0.05) is 0 Å². The molecule has 2 aromatic carbocycles. The third-order valence-corrected chi connectivity index (χ3v) is 3.37. The Morgan fingerprint density at radius 1 is 0.955 bits per heavy atom. The highest BCUT2D eigenvalue weighted by Crippen LogP contribution is 2.23. The summed E-state index contributed by atoms with van der Waals surface area (Å²) < 4.78 is 1.68. The first-order valence-electron chi connectivity index (χ1n) is 6.66. The molecule has 0 saturated carbocycles. The molecule has 0 aliphatic carbocycles. The fraction of sp³-hybridized carbons (Fsp3) is 0.0588. The lowest BCUT2D eigenvalue weighted by molar-refractivity contribution is 0.684. The quantitative estimate of drug-likeness (QED) is 0.741. The molecular weight excluding hydrogens is 274 g/mol. The molecule has 0 unspecified atom stereocenters. The lowest BCUT2D eigenvalue weighted by Gasteiger charge is -2.08. The van der Waals surface area contributed by atoms with Gasteiger partial charge in [0.25, 0.3) is 0 Å². The smallest absolute Gasteiger partial charge is 0.137 e. The van der Waals surface area contributed by atoms with Crippen molar-refractivity contribution < 1.29 is 0 Å². The van der Waals surface area contributed by atoms with Crippen LogP contribution >= 0.6 is 0 Å². The zero-order valence-corrected chi connectivity index (χ0v) is 11.6. The first-order chi connectivity index (χ1) is 10.8. The number of nitriles is 2. The monoisotopic (exact) mass is 285 g/mol. The molecule has 22 heavy (non-hydrogen) atoms. The van der Waals surface area contributed by atoms with Crippen molar-refractivity contribution in [3.8, 4) is 23.3 Å². The fourth-order valence-electron chi connectivity index (χ4n) is 2.24. The summed E-state index contributed by atoms with van der Waals surface area (Å²) in [6.45, 7) is 0.493. The average Bonchev–Trinajstić information content (AvgIpc) is 3.08. The standard InChI is InChI=1S/C17H11N5/c18-8-13-1-3-14(4-2-13)15-5-6-16(9-19)17(7-15)10-22-12-20-11-21-22/h1-7,11-12H,10H2. The van der Waals surface area contributed by atoms with Crippen molar-refractivity contribution in [1.82, 2.24) is 14.8 Å². The molecule has 0 aliphatic heterocycles. The largest absolute Gasteiger partial charge is 0.249 e. The second-order valence-electron chi connectivity index (χ2n) is 4.77. The van der Waals surface area contributed by atoms with Crippen molar-refractivity contribution in [1.29, 1.82) is 10.5 Å². The van der Waals surface area contributed by atoms with E-state index in [2.05, 4.69) is 22.2 Å². The Labute approximate surface area is 127 Å². The maximum Gasteiger partial charge on any atom is 0.137 e. The van der Waals surface area contributed by atoms with Gasteiger partial charge in [0.1, 0.15) is 12.7 Å². The highest BCUT2D eigenvalue weighted by molar-refractivity contribution is 5.66. The van der Waals surface area contributed by atoms with Crippen molar-refractivity contribution in [3.63, 3.8) is 0 Å². The van der Waals surface area contributed by atoms with Crippen LogP contribution in [0.25, 0.3) is 11.1 Å². The van der Waals surface area contributed by atoms with E-state index in [1.807, 2.05) is 24.3 Å². The van der Waals surface area contributed by atoms with Crippen molar-refractivity contribution in [2.75, 3.05) is 0 Å². The Hall–Kier alpha value is -3.44. The Morgan fingerprint density at radius 2 is 1.73 bits per heavy atom. The molecule has 0 atom stereocenters. The van der Waals surface area contributed by atoms with Crippen LogP contribution in [0.1, 0.15) is 16.7 Å². The van der Waals surface area contributed by atoms with Gasteiger partial charge >= 0.3 is 0 Å². The molecule has 3 rings (SSSR count). The van der Waals surface area contributed by atoms with E-state index in [0.717, 1.165) is 16.7 Å². The molecule has 0 amide bonds. The Morgan fingerprint density at radius 3 is 2.36 bits per heavy atom. The molecule has 0 saturated heterocycles. The third kappa shape index (κ3) is 2.70. The Balaban J connectivity index is 1.99. The van der Waals surface area contributed by atoms with E-state index in [-0.39, 0.29) is 0 Å².